The Labute approximate surface area is 116 Å². The van der Waals surface area contributed by atoms with Crippen LogP contribution in [0, 0.1) is 0 Å². The van der Waals surface area contributed by atoms with Gasteiger partial charge in [-0.15, -0.1) is 11.6 Å². The molecule has 0 nitrogen and oxygen atoms in total. The van der Waals surface area contributed by atoms with Gasteiger partial charge in [0.2, 0.25) is 0 Å². The Morgan fingerprint density at radius 3 is 2.22 bits per heavy atom. The highest BCUT2D eigenvalue weighted by Crippen LogP contribution is 2.43. The van der Waals surface area contributed by atoms with Crippen LogP contribution in [0.15, 0.2) is 24.3 Å². The molecule has 2 aliphatic rings. The van der Waals surface area contributed by atoms with Crippen molar-refractivity contribution in [3.05, 3.63) is 35.4 Å². The number of hydrogen-bond donors (Lipinski definition) is 0. The zero-order chi connectivity index (χ0) is 12.4. The Hall–Kier alpha value is -0.490. The third kappa shape index (κ3) is 2.45. The maximum Gasteiger partial charge on any atom is 0.0404 e. The van der Waals surface area contributed by atoms with Crippen molar-refractivity contribution in [1.29, 1.82) is 0 Å². The minimum absolute atomic E-state index is 0.355. The van der Waals surface area contributed by atoms with Crippen LogP contribution in [0.4, 0.5) is 0 Å². The van der Waals surface area contributed by atoms with Crippen molar-refractivity contribution in [2.24, 2.45) is 0 Å². The molecule has 0 aliphatic heterocycles. The first-order chi connectivity index (χ1) is 8.86. The second-order valence-electron chi connectivity index (χ2n) is 6.02. The zero-order valence-corrected chi connectivity index (χ0v) is 11.8. The maximum absolute atomic E-state index is 6.66. The molecule has 0 N–H and O–H groups in total. The molecule has 0 radical (unpaired) electrons. The summed E-state index contributed by atoms with van der Waals surface area (Å²) in [6.07, 6.45) is 10.7. The van der Waals surface area contributed by atoms with Crippen LogP contribution in [-0.2, 0) is 0 Å². The number of hydrogen-bond acceptors (Lipinski definition) is 0. The van der Waals surface area contributed by atoms with Gasteiger partial charge in [0.1, 0.15) is 0 Å². The lowest BCUT2D eigenvalue weighted by atomic mass is 9.75. The number of benzene rings is 1. The second kappa shape index (κ2) is 5.65. The average Bonchev–Trinajstić information content (AvgIpc) is 2.53. The Kier molecular flexibility index (Phi) is 3.94. The topological polar surface area (TPSA) is 0 Å². The van der Waals surface area contributed by atoms with E-state index in [1.54, 1.807) is 11.1 Å². The first-order valence-corrected chi connectivity index (χ1v) is 8.03. The summed E-state index contributed by atoms with van der Waals surface area (Å²) in [5.74, 6) is 1.43. The molecule has 0 spiro atoms. The summed E-state index contributed by atoms with van der Waals surface area (Å²) in [6, 6.07) is 9.11. The summed E-state index contributed by atoms with van der Waals surface area (Å²) in [5, 5.41) is 0.355. The molecule has 1 aromatic carbocycles. The zero-order valence-electron chi connectivity index (χ0n) is 11.1. The SMILES string of the molecule is ClC1CCCCCC1c1ccccc1C1CCC1. The Morgan fingerprint density at radius 2 is 1.50 bits per heavy atom. The molecule has 1 heteroatoms. The molecule has 2 atom stereocenters. The molecule has 1 aromatic rings. The lowest BCUT2D eigenvalue weighted by Gasteiger charge is -2.31. The van der Waals surface area contributed by atoms with Crippen LogP contribution in [0.3, 0.4) is 0 Å². The van der Waals surface area contributed by atoms with Crippen LogP contribution < -0.4 is 0 Å². The average molecular weight is 263 g/mol. The third-order valence-corrected chi connectivity index (χ3v) is 5.39. The maximum atomic E-state index is 6.66. The van der Waals surface area contributed by atoms with Gasteiger partial charge in [0.15, 0.2) is 0 Å². The van der Waals surface area contributed by atoms with Crippen molar-refractivity contribution in [2.75, 3.05) is 0 Å². The molecule has 0 amide bonds. The van der Waals surface area contributed by atoms with Gasteiger partial charge in [-0.25, -0.2) is 0 Å². The molecular formula is C17H23Cl. The molecule has 2 saturated carbocycles. The number of rotatable bonds is 2. The summed E-state index contributed by atoms with van der Waals surface area (Å²) in [7, 11) is 0. The minimum Gasteiger partial charge on any atom is -0.122 e. The van der Waals surface area contributed by atoms with E-state index >= 15 is 0 Å². The molecule has 2 unspecified atom stereocenters. The predicted octanol–water partition coefficient (Wildman–Crippen LogP) is 5.61. The summed E-state index contributed by atoms with van der Waals surface area (Å²) in [5.41, 5.74) is 3.19. The fraction of sp³-hybridized carbons (Fsp3) is 0.647. The van der Waals surface area contributed by atoms with Crippen LogP contribution in [0.1, 0.15) is 74.3 Å². The molecule has 98 valence electrons. The quantitative estimate of drug-likeness (QED) is 0.480. The number of alkyl halides is 1. The van der Waals surface area contributed by atoms with E-state index in [1.165, 1.54) is 51.4 Å². The number of halogens is 1. The van der Waals surface area contributed by atoms with E-state index in [2.05, 4.69) is 24.3 Å². The van der Waals surface area contributed by atoms with Gasteiger partial charge < -0.3 is 0 Å². The summed E-state index contributed by atoms with van der Waals surface area (Å²) in [4.78, 5) is 0. The lowest BCUT2D eigenvalue weighted by Crippen LogP contribution is -2.17. The highest BCUT2D eigenvalue weighted by Gasteiger charge is 2.29. The second-order valence-corrected chi connectivity index (χ2v) is 6.58. The van der Waals surface area contributed by atoms with E-state index in [9.17, 15) is 0 Å². The van der Waals surface area contributed by atoms with Crippen molar-refractivity contribution in [3.63, 3.8) is 0 Å². The summed E-state index contributed by atoms with van der Waals surface area (Å²) >= 11 is 6.66. The summed E-state index contributed by atoms with van der Waals surface area (Å²) in [6.45, 7) is 0. The van der Waals surface area contributed by atoms with Gasteiger partial charge >= 0.3 is 0 Å². The van der Waals surface area contributed by atoms with Crippen molar-refractivity contribution in [3.8, 4) is 0 Å². The van der Waals surface area contributed by atoms with E-state index in [1.807, 2.05) is 0 Å². The van der Waals surface area contributed by atoms with Crippen LogP contribution in [0.25, 0.3) is 0 Å². The van der Waals surface area contributed by atoms with Crippen LogP contribution in [-0.4, -0.2) is 5.38 Å². The van der Waals surface area contributed by atoms with Crippen molar-refractivity contribution in [2.45, 2.75) is 68.6 Å². The van der Waals surface area contributed by atoms with Crippen molar-refractivity contribution >= 4 is 11.6 Å². The van der Waals surface area contributed by atoms with E-state index in [0.717, 1.165) is 5.92 Å². The molecule has 0 heterocycles. The molecular weight excluding hydrogens is 240 g/mol. The Bertz CT molecular complexity index is 394. The van der Waals surface area contributed by atoms with Crippen LogP contribution in [0.5, 0.6) is 0 Å². The smallest absolute Gasteiger partial charge is 0.0404 e. The van der Waals surface area contributed by atoms with Crippen LogP contribution >= 0.6 is 11.6 Å². The van der Waals surface area contributed by atoms with Gasteiger partial charge in [0, 0.05) is 11.3 Å². The van der Waals surface area contributed by atoms with E-state index < -0.39 is 0 Å². The van der Waals surface area contributed by atoms with Gasteiger partial charge in [-0.3, -0.25) is 0 Å². The highest BCUT2D eigenvalue weighted by molar-refractivity contribution is 6.21. The van der Waals surface area contributed by atoms with Gasteiger partial charge in [0.25, 0.3) is 0 Å². The molecule has 0 aromatic heterocycles. The minimum atomic E-state index is 0.355. The third-order valence-electron chi connectivity index (χ3n) is 4.87. The molecule has 0 bridgehead atoms. The first kappa shape index (κ1) is 12.5. The van der Waals surface area contributed by atoms with Crippen molar-refractivity contribution in [1.82, 2.24) is 0 Å². The van der Waals surface area contributed by atoms with E-state index in [4.69, 9.17) is 11.6 Å². The van der Waals surface area contributed by atoms with Gasteiger partial charge in [-0.2, -0.15) is 0 Å². The van der Waals surface area contributed by atoms with Gasteiger partial charge in [0.05, 0.1) is 0 Å². The Balaban J connectivity index is 1.89. The predicted molar refractivity (Wildman–Crippen MR) is 78.5 cm³/mol. The largest absolute Gasteiger partial charge is 0.122 e. The first-order valence-electron chi connectivity index (χ1n) is 7.59. The standard InChI is InChI=1S/C17H23Cl/c18-17-12-3-1-2-11-16(17)15-10-5-4-9-14(15)13-7-6-8-13/h4-5,9-10,13,16-17H,1-3,6-8,11-12H2. The fourth-order valence-electron chi connectivity index (χ4n) is 3.55. The van der Waals surface area contributed by atoms with Crippen LogP contribution in [0.2, 0.25) is 0 Å². The normalized spacial score (nSPS) is 29.6. The van der Waals surface area contributed by atoms with Gasteiger partial charge in [-0.1, -0.05) is 49.9 Å². The highest BCUT2D eigenvalue weighted by atomic mass is 35.5. The molecule has 2 aliphatic carbocycles. The van der Waals surface area contributed by atoms with E-state index in [-0.39, 0.29) is 0 Å². The molecule has 3 rings (SSSR count). The monoisotopic (exact) mass is 262 g/mol. The van der Waals surface area contributed by atoms with E-state index in [0.29, 0.717) is 11.3 Å². The summed E-state index contributed by atoms with van der Waals surface area (Å²) < 4.78 is 0. The van der Waals surface area contributed by atoms with Gasteiger partial charge in [-0.05, 0) is 42.7 Å². The molecule has 18 heavy (non-hydrogen) atoms. The fourth-order valence-corrected chi connectivity index (χ4v) is 3.97. The molecule has 2 fully saturated rings. The lowest BCUT2D eigenvalue weighted by molar-refractivity contribution is 0.413. The Morgan fingerprint density at radius 1 is 0.778 bits per heavy atom. The molecule has 0 saturated heterocycles. The van der Waals surface area contributed by atoms with Crippen molar-refractivity contribution < 1.29 is 0 Å².